The first-order chi connectivity index (χ1) is 10.0. The van der Waals surface area contributed by atoms with Crippen LogP contribution < -0.4 is 4.74 Å². The number of aryl methyl sites for hydroxylation is 1. The Morgan fingerprint density at radius 2 is 1.86 bits per heavy atom. The summed E-state index contributed by atoms with van der Waals surface area (Å²) in [4.78, 5) is 23.2. The molecule has 0 fully saturated rings. The van der Waals surface area contributed by atoms with E-state index in [2.05, 4.69) is 6.92 Å². The minimum Gasteiger partial charge on any atom is -0.462 e. The largest absolute Gasteiger partial charge is 0.462 e. The zero-order valence-corrected chi connectivity index (χ0v) is 12.4. The highest BCUT2D eigenvalue weighted by molar-refractivity contribution is 5.99. The highest BCUT2D eigenvalue weighted by Gasteiger charge is 2.13. The van der Waals surface area contributed by atoms with Crippen molar-refractivity contribution < 1.29 is 19.1 Å². The summed E-state index contributed by atoms with van der Waals surface area (Å²) >= 11 is 0. The number of hydrogen-bond acceptors (Lipinski definition) is 4. The van der Waals surface area contributed by atoms with Crippen LogP contribution >= 0.6 is 0 Å². The summed E-state index contributed by atoms with van der Waals surface area (Å²) in [5.74, 6) is -0.454. The SMILES string of the molecule is CCOC(=O)c1cc(OC(C)=O)c2cc(CC)ccc2c1. The van der Waals surface area contributed by atoms with E-state index in [1.54, 1.807) is 19.1 Å². The van der Waals surface area contributed by atoms with Crippen molar-refractivity contribution in [1.29, 1.82) is 0 Å². The first kappa shape index (κ1) is 15.0. The van der Waals surface area contributed by atoms with Gasteiger partial charge in [0.25, 0.3) is 0 Å². The van der Waals surface area contributed by atoms with E-state index in [0.717, 1.165) is 22.8 Å². The molecule has 0 aromatic heterocycles. The summed E-state index contributed by atoms with van der Waals surface area (Å²) in [6.45, 7) is 5.44. The van der Waals surface area contributed by atoms with Crippen molar-refractivity contribution in [1.82, 2.24) is 0 Å². The van der Waals surface area contributed by atoms with E-state index >= 15 is 0 Å². The first-order valence-corrected chi connectivity index (χ1v) is 6.97. The molecule has 0 spiro atoms. The molecule has 0 bridgehead atoms. The predicted octanol–water partition coefficient (Wildman–Crippen LogP) is 3.50. The molecule has 0 atom stereocenters. The zero-order valence-electron chi connectivity index (χ0n) is 12.4. The van der Waals surface area contributed by atoms with Crippen LogP contribution in [-0.4, -0.2) is 18.5 Å². The molecule has 2 aromatic rings. The van der Waals surface area contributed by atoms with E-state index < -0.39 is 11.9 Å². The van der Waals surface area contributed by atoms with E-state index in [0.29, 0.717) is 17.9 Å². The standard InChI is InChI=1S/C17H18O4/c1-4-12-6-7-13-9-14(17(19)20-5-2)10-16(15(13)8-12)21-11(3)18/h6-10H,4-5H2,1-3H3. The molecule has 0 unspecified atom stereocenters. The van der Waals surface area contributed by atoms with Crippen LogP contribution in [0.2, 0.25) is 0 Å². The third kappa shape index (κ3) is 3.40. The Bertz CT molecular complexity index is 688. The summed E-state index contributed by atoms with van der Waals surface area (Å²) in [7, 11) is 0. The zero-order chi connectivity index (χ0) is 15.4. The molecular weight excluding hydrogens is 268 g/mol. The fourth-order valence-electron chi connectivity index (χ4n) is 2.16. The third-order valence-electron chi connectivity index (χ3n) is 3.15. The molecule has 4 nitrogen and oxygen atoms in total. The van der Waals surface area contributed by atoms with Gasteiger partial charge in [-0.05, 0) is 42.5 Å². The number of hydrogen-bond donors (Lipinski definition) is 0. The van der Waals surface area contributed by atoms with Crippen molar-refractivity contribution in [2.75, 3.05) is 6.61 Å². The Balaban J connectivity index is 2.60. The maximum atomic E-state index is 11.9. The Morgan fingerprint density at radius 1 is 1.10 bits per heavy atom. The quantitative estimate of drug-likeness (QED) is 0.637. The van der Waals surface area contributed by atoms with Gasteiger partial charge in [0.2, 0.25) is 0 Å². The fraction of sp³-hybridized carbons (Fsp3) is 0.294. The lowest BCUT2D eigenvalue weighted by Crippen LogP contribution is -2.07. The molecule has 0 amide bonds. The van der Waals surface area contributed by atoms with E-state index in [9.17, 15) is 9.59 Å². The van der Waals surface area contributed by atoms with Gasteiger partial charge in [0.15, 0.2) is 0 Å². The van der Waals surface area contributed by atoms with Gasteiger partial charge in [-0.3, -0.25) is 4.79 Å². The molecule has 0 radical (unpaired) electrons. The topological polar surface area (TPSA) is 52.6 Å². The van der Waals surface area contributed by atoms with Gasteiger partial charge in [-0.1, -0.05) is 19.1 Å². The van der Waals surface area contributed by atoms with Crippen molar-refractivity contribution in [3.05, 3.63) is 41.5 Å². The third-order valence-corrected chi connectivity index (χ3v) is 3.15. The molecule has 110 valence electrons. The lowest BCUT2D eigenvalue weighted by Gasteiger charge is -2.10. The molecule has 0 heterocycles. The van der Waals surface area contributed by atoms with Gasteiger partial charge in [-0.2, -0.15) is 0 Å². The molecule has 0 saturated carbocycles. The number of ether oxygens (including phenoxy) is 2. The summed E-state index contributed by atoms with van der Waals surface area (Å²) in [6.07, 6.45) is 0.884. The Morgan fingerprint density at radius 3 is 2.48 bits per heavy atom. The van der Waals surface area contributed by atoms with Gasteiger partial charge in [-0.25, -0.2) is 4.79 Å². The Hall–Kier alpha value is -2.36. The summed E-state index contributed by atoms with van der Waals surface area (Å²) in [6, 6.07) is 9.20. The van der Waals surface area contributed by atoms with Gasteiger partial charge < -0.3 is 9.47 Å². The molecule has 0 aliphatic heterocycles. The van der Waals surface area contributed by atoms with E-state index in [1.807, 2.05) is 18.2 Å². The molecule has 0 saturated heterocycles. The minimum atomic E-state index is -0.424. The van der Waals surface area contributed by atoms with E-state index in [-0.39, 0.29) is 0 Å². The van der Waals surface area contributed by atoms with E-state index in [4.69, 9.17) is 9.47 Å². The van der Waals surface area contributed by atoms with Crippen molar-refractivity contribution in [3.8, 4) is 5.75 Å². The van der Waals surface area contributed by atoms with Gasteiger partial charge in [-0.15, -0.1) is 0 Å². The number of benzene rings is 2. The second-order valence-corrected chi connectivity index (χ2v) is 4.70. The average Bonchev–Trinajstić information content (AvgIpc) is 2.46. The number of carbonyl (C=O) groups excluding carboxylic acids is 2. The second kappa shape index (κ2) is 6.39. The highest BCUT2D eigenvalue weighted by atomic mass is 16.5. The van der Waals surface area contributed by atoms with E-state index in [1.165, 1.54) is 6.92 Å². The van der Waals surface area contributed by atoms with Crippen LogP contribution in [0.25, 0.3) is 10.8 Å². The Labute approximate surface area is 123 Å². The average molecular weight is 286 g/mol. The van der Waals surface area contributed by atoms with Crippen LogP contribution in [0.3, 0.4) is 0 Å². The molecule has 21 heavy (non-hydrogen) atoms. The molecule has 0 aliphatic rings. The smallest absolute Gasteiger partial charge is 0.338 e. The summed E-state index contributed by atoms with van der Waals surface area (Å²) in [5, 5.41) is 1.66. The molecule has 2 aromatic carbocycles. The van der Waals surface area contributed by atoms with Gasteiger partial charge in [0.1, 0.15) is 5.75 Å². The van der Waals surface area contributed by atoms with Gasteiger partial charge in [0.05, 0.1) is 12.2 Å². The van der Waals surface area contributed by atoms with Crippen molar-refractivity contribution in [3.63, 3.8) is 0 Å². The van der Waals surface area contributed by atoms with Crippen LogP contribution in [0, 0.1) is 0 Å². The molecule has 0 aliphatic carbocycles. The lowest BCUT2D eigenvalue weighted by molar-refractivity contribution is -0.131. The minimum absolute atomic E-state index is 0.300. The monoisotopic (exact) mass is 286 g/mol. The maximum Gasteiger partial charge on any atom is 0.338 e. The predicted molar refractivity (Wildman–Crippen MR) is 80.6 cm³/mol. The van der Waals surface area contributed by atoms with Gasteiger partial charge >= 0.3 is 11.9 Å². The van der Waals surface area contributed by atoms with Crippen LogP contribution in [0.4, 0.5) is 0 Å². The normalized spacial score (nSPS) is 10.4. The van der Waals surface area contributed by atoms with Crippen molar-refractivity contribution >= 4 is 22.7 Å². The van der Waals surface area contributed by atoms with Crippen LogP contribution in [0.5, 0.6) is 5.75 Å². The number of carbonyl (C=O) groups is 2. The molecule has 2 rings (SSSR count). The molecular formula is C17H18O4. The molecule has 4 heteroatoms. The lowest BCUT2D eigenvalue weighted by atomic mass is 10.0. The van der Waals surface area contributed by atoms with Crippen LogP contribution in [0.1, 0.15) is 36.7 Å². The Kier molecular flexibility index (Phi) is 4.58. The molecule has 0 N–H and O–H groups in total. The number of esters is 2. The van der Waals surface area contributed by atoms with Crippen molar-refractivity contribution in [2.24, 2.45) is 0 Å². The first-order valence-electron chi connectivity index (χ1n) is 6.97. The van der Waals surface area contributed by atoms with Gasteiger partial charge in [0, 0.05) is 12.3 Å². The van der Waals surface area contributed by atoms with Crippen LogP contribution in [-0.2, 0) is 16.0 Å². The summed E-state index contributed by atoms with van der Waals surface area (Å²) in [5.41, 5.74) is 1.52. The fourth-order valence-corrected chi connectivity index (χ4v) is 2.16. The maximum absolute atomic E-state index is 11.9. The van der Waals surface area contributed by atoms with Crippen molar-refractivity contribution in [2.45, 2.75) is 27.2 Å². The highest BCUT2D eigenvalue weighted by Crippen LogP contribution is 2.29. The second-order valence-electron chi connectivity index (χ2n) is 4.70. The summed E-state index contributed by atoms with van der Waals surface area (Å²) < 4.78 is 10.3. The van der Waals surface area contributed by atoms with Crippen LogP contribution in [0.15, 0.2) is 30.3 Å². The number of fused-ring (bicyclic) bond motifs is 1. The number of rotatable bonds is 4.